The van der Waals surface area contributed by atoms with Gasteiger partial charge in [0.2, 0.25) is 5.91 Å². The van der Waals surface area contributed by atoms with Crippen LogP contribution >= 0.6 is 0 Å². The van der Waals surface area contributed by atoms with Crippen LogP contribution in [0.2, 0.25) is 0 Å². The monoisotopic (exact) mass is 449 g/mol. The first-order valence-corrected chi connectivity index (χ1v) is 11.0. The number of hydrogen-bond acceptors (Lipinski definition) is 5. The highest BCUT2D eigenvalue weighted by molar-refractivity contribution is 5.79. The van der Waals surface area contributed by atoms with Crippen LogP contribution in [-0.2, 0) is 24.3 Å². The summed E-state index contributed by atoms with van der Waals surface area (Å²) in [5.41, 5.74) is 5.80. The van der Waals surface area contributed by atoms with Crippen LogP contribution in [0.15, 0.2) is 97.5 Å². The van der Waals surface area contributed by atoms with Crippen molar-refractivity contribution in [3.8, 4) is 16.9 Å². The van der Waals surface area contributed by atoms with Crippen LogP contribution in [-0.4, -0.2) is 35.9 Å². The molecule has 0 saturated carbocycles. The van der Waals surface area contributed by atoms with E-state index in [1.165, 1.54) is 11.9 Å². The van der Waals surface area contributed by atoms with Gasteiger partial charge in [-0.1, -0.05) is 72.8 Å². The lowest BCUT2D eigenvalue weighted by Crippen LogP contribution is -2.24. The van der Waals surface area contributed by atoms with Crippen LogP contribution < -0.4 is 5.32 Å². The van der Waals surface area contributed by atoms with E-state index >= 15 is 0 Å². The van der Waals surface area contributed by atoms with Gasteiger partial charge in [0.25, 0.3) is 0 Å². The highest BCUT2D eigenvalue weighted by Gasteiger charge is 2.13. The van der Waals surface area contributed by atoms with E-state index in [2.05, 4.69) is 33.0 Å². The lowest BCUT2D eigenvalue weighted by atomic mass is 10.1. The van der Waals surface area contributed by atoms with Gasteiger partial charge >= 0.3 is 0 Å². The molecule has 0 aliphatic heterocycles. The number of amides is 1. The second-order valence-electron chi connectivity index (χ2n) is 7.93. The third kappa shape index (κ3) is 5.07. The van der Waals surface area contributed by atoms with Gasteiger partial charge in [-0.2, -0.15) is 5.10 Å². The van der Waals surface area contributed by atoms with Crippen LogP contribution in [0.5, 0.6) is 0 Å². The maximum absolute atomic E-state index is 12.7. The molecule has 0 atom stereocenters. The van der Waals surface area contributed by atoms with Gasteiger partial charge in [-0.3, -0.25) is 9.48 Å². The molecule has 0 radical (unpaired) electrons. The summed E-state index contributed by atoms with van der Waals surface area (Å²) in [6, 6.07) is 27.8. The molecule has 0 saturated heterocycles. The molecule has 5 aromatic rings. The summed E-state index contributed by atoms with van der Waals surface area (Å²) in [5.74, 6) is -0.0509. The lowest BCUT2D eigenvalue weighted by molar-refractivity contribution is -0.120. The van der Waals surface area contributed by atoms with Gasteiger partial charge in [0.05, 0.1) is 24.3 Å². The predicted octanol–water partition coefficient (Wildman–Crippen LogP) is 3.43. The van der Waals surface area contributed by atoms with E-state index in [1.807, 2.05) is 83.7 Å². The zero-order valence-corrected chi connectivity index (χ0v) is 18.5. The maximum atomic E-state index is 12.7. The van der Waals surface area contributed by atoms with Crippen molar-refractivity contribution in [3.63, 3.8) is 0 Å². The highest BCUT2D eigenvalue weighted by Crippen LogP contribution is 2.22. The van der Waals surface area contributed by atoms with Crippen molar-refractivity contribution in [3.05, 3.63) is 114 Å². The molecule has 8 heteroatoms. The van der Waals surface area contributed by atoms with Crippen LogP contribution in [0.4, 0.5) is 0 Å². The van der Waals surface area contributed by atoms with Crippen molar-refractivity contribution in [1.29, 1.82) is 0 Å². The first-order chi connectivity index (χ1) is 16.7. The van der Waals surface area contributed by atoms with Crippen LogP contribution in [0.25, 0.3) is 16.9 Å². The molecule has 3 aromatic carbocycles. The van der Waals surface area contributed by atoms with Gasteiger partial charge in [0, 0.05) is 23.9 Å². The summed E-state index contributed by atoms with van der Waals surface area (Å²) >= 11 is 0. The SMILES string of the molecule is O=C(Cc1ccc(-n2cnnn2)cc1)NCc1cn(Cc2ccccc2)nc1-c1ccccc1. The molecule has 0 unspecified atom stereocenters. The molecule has 2 aromatic heterocycles. The first-order valence-electron chi connectivity index (χ1n) is 11.0. The Hall–Kier alpha value is -4.59. The molecule has 0 aliphatic carbocycles. The maximum Gasteiger partial charge on any atom is 0.224 e. The number of hydrogen-bond donors (Lipinski definition) is 1. The van der Waals surface area contributed by atoms with Gasteiger partial charge in [0.1, 0.15) is 6.33 Å². The fraction of sp³-hybridized carbons (Fsp3) is 0.115. The number of carbonyl (C=O) groups excluding carboxylic acids is 1. The standard InChI is InChI=1S/C26H23N7O/c34-25(15-20-11-13-24(14-12-20)33-19-28-30-31-33)27-16-23-18-32(17-21-7-3-1-4-8-21)29-26(23)22-9-5-2-6-10-22/h1-14,18-19H,15-17H2,(H,27,34). The topological polar surface area (TPSA) is 90.5 Å². The van der Waals surface area contributed by atoms with E-state index in [4.69, 9.17) is 5.10 Å². The minimum atomic E-state index is -0.0509. The Balaban J connectivity index is 1.27. The molecule has 2 heterocycles. The van der Waals surface area contributed by atoms with Gasteiger partial charge in [0.15, 0.2) is 0 Å². The van der Waals surface area contributed by atoms with Crippen LogP contribution in [0.3, 0.4) is 0 Å². The number of aromatic nitrogens is 6. The van der Waals surface area contributed by atoms with E-state index in [-0.39, 0.29) is 12.3 Å². The fourth-order valence-electron chi connectivity index (χ4n) is 3.77. The summed E-state index contributed by atoms with van der Waals surface area (Å²) in [6.07, 6.45) is 3.83. The zero-order valence-electron chi connectivity index (χ0n) is 18.5. The third-order valence-corrected chi connectivity index (χ3v) is 5.46. The molecule has 1 N–H and O–H groups in total. The van der Waals surface area contributed by atoms with Gasteiger partial charge < -0.3 is 5.32 Å². The highest BCUT2D eigenvalue weighted by atomic mass is 16.1. The Morgan fingerprint density at radius 2 is 1.59 bits per heavy atom. The molecule has 0 spiro atoms. The van der Waals surface area contributed by atoms with E-state index in [0.29, 0.717) is 13.1 Å². The van der Waals surface area contributed by atoms with E-state index in [1.54, 1.807) is 4.68 Å². The summed E-state index contributed by atoms with van der Waals surface area (Å²) in [7, 11) is 0. The normalized spacial score (nSPS) is 10.8. The predicted molar refractivity (Wildman–Crippen MR) is 128 cm³/mol. The zero-order chi connectivity index (χ0) is 23.2. The minimum absolute atomic E-state index is 0.0509. The quantitative estimate of drug-likeness (QED) is 0.392. The number of benzene rings is 3. The number of rotatable bonds is 8. The van der Waals surface area contributed by atoms with Gasteiger partial charge in [-0.05, 0) is 33.7 Å². The van der Waals surface area contributed by atoms with Crippen molar-refractivity contribution in [1.82, 2.24) is 35.3 Å². The number of nitrogens with zero attached hydrogens (tertiary/aromatic N) is 6. The van der Waals surface area contributed by atoms with Crippen LogP contribution in [0.1, 0.15) is 16.7 Å². The molecule has 1 amide bonds. The Kier molecular flexibility index (Phi) is 6.20. The molecule has 0 aliphatic rings. The van der Waals surface area contributed by atoms with E-state index < -0.39 is 0 Å². The molecule has 8 nitrogen and oxygen atoms in total. The Bertz CT molecular complexity index is 1350. The molecule has 0 fully saturated rings. The van der Waals surface area contributed by atoms with Crippen molar-refractivity contribution >= 4 is 5.91 Å². The van der Waals surface area contributed by atoms with E-state index in [9.17, 15) is 4.79 Å². The van der Waals surface area contributed by atoms with Gasteiger partial charge in [-0.25, -0.2) is 4.68 Å². The molecule has 0 bridgehead atoms. The molecular formula is C26H23N7O. The Labute approximate surface area is 196 Å². The summed E-state index contributed by atoms with van der Waals surface area (Å²) in [5, 5.41) is 19.0. The van der Waals surface area contributed by atoms with E-state index in [0.717, 1.165) is 28.1 Å². The number of carbonyl (C=O) groups is 1. The fourth-order valence-corrected chi connectivity index (χ4v) is 3.77. The molecule has 5 rings (SSSR count). The van der Waals surface area contributed by atoms with Crippen molar-refractivity contribution in [2.24, 2.45) is 0 Å². The second kappa shape index (κ2) is 9.91. The third-order valence-electron chi connectivity index (χ3n) is 5.46. The Morgan fingerprint density at radius 1 is 0.853 bits per heavy atom. The molecule has 168 valence electrons. The van der Waals surface area contributed by atoms with Crippen molar-refractivity contribution < 1.29 is 4.79 Å². The smallest absolute Gasteiger partial charge is 0.224 e. The lowest BCUT2D eigenvalue weighted by Gasteiger charge is -2.07. The minimum Gasteiger partial charge on any atom is -0.352 e. The molecular weight excluding hydrogens is 426 g/mol. The van der Waals surface area contributed by atoms with Crippen molar-refractivity contribution in [2.75, 3.05) is 0 Å². The first kappa shape index (κ1) is 21.3. The average Bonchev–Trinajstić information content (AvgIpc) is 3.55. The Morgan fingerprint density at radius 3 is 2.29 bits per heavy atom. The largest absolute Gasteiger partial charge is 0.352 e. The average molecular weight is 450 g/mol. The number of nitrogens with one attached hydrogen (secondary N) is 1. The summed E-state index contributed by atoms with van der Waals surface area (Å²) < 4.78 is 3.50. The molecule has 34 heavy (non-hydrogen) atoms. The summed E-state index contributed by atoms with van der Waals surface area (Å²) in [6.45, 7) is 1.07. The number of tetrazole rings is 1. The summed E-state index contributed by atoms with van der Waals surface area (Å²) in [4.78, 5) is 12.7. The van der Waals surface area contributed by atoms with Gasteiger partial charge in [-0.15, -0.1) is 5.10 Å². The second-order valence-corrected chi connectivity index (χ2v) is 7.93. The van der Waals surface area contributed by atoms with Crippen molar-refractivity contribution in [2.45, 2.75) is 19.5 Å². The van der Waals surface area contributed by atoms with Crippen LogP contribution in [0, 0.1) is 0 Å².